The normalized spacial score (nSPS) is 12.8. The molecule has 1 atom stereocenters. The number of rotatable bonds is 6. The predicted molar refractivity (Wildman–Crippen MR) is 77.5 cm³/mol. The van der Waals surface area contributed by atoms with Crippen molar-refractivity contribution in [1.82, 2.24) is 15.2 Å². The van der Waals surface area contributed by atoms with Crippen LogP contribution < -0.4 is 11.3 Å². The molecule has 1 unspecified atom stereocenters. The molecule has 0 bridgehead atoms. The van der Waals surface area contributed by atoms with Gasteiger partial charge in [0.1, 0.15) is 5.76 Å². The molecule has 0 aliphatic heterocycles. The second kappa shape index (κ2) is 6.36. The SMILES string of the molecule is Cc1nn(C)c(CC(CCc2ccco2)NN)c1Br. The fourth-order valence-corrected chi connectivity index (χ4v) is 2.65. The van der Waals surface area contributed by atoms with E-state index in [2.05, 4.69) is 26.5 Å². The lowest BCUT2D eigenvalue weighted by molar-refractivity contribution is 0.440. The maximum Gasteiger partial charge on any atom is 0.103 e. The number of halogens is 1. The number of hydrazine groups is 1. The van der Waals surface area contributed by atoms with E-state index in [-0.39, 0.29) is 6.04 Å². The highest BCUT2D eigenvalue weighted by molar-refractivity contribution is 9.10. The number of nitrogens with zero attached hydrogens (tertiary/aromatic N) is 2. The summed E-state index contributed by atoms with van der Waals surface area (Å²) in [5.74, 6) is 6.63. The molecule has 104 valence electrons. The van der Waals surface area contributed by atoms with Crippen LogP contribution in [-0.2, 0) is 19.9 Å². The Balaban J connectivity index is 1.98. The lowest BCUT2D eigenvalue weighted by atomic mass is 10.1. The molecule has 2 aromatic heterocycles. The minimum atomic E-state index is 0.191. The number of hydrogen-bond acceptors (Lipinski definition) is 4. The average molecular weight is 327 g/mol. The van der Waals surface area contributed by atoms with Gasteiger partial charge >= 0.3 is 0 Å². The van der Waals surface area contributed by atoms with E-state index in [4.69, 9.17) is 10.3 Å². The van der Waals surface area contributed by atoms with Crippen LogP contribution in [0.3, 0.4) is 0 Å². The maximum atomic E-state index is 5.64. The Bertz CT molecular complexity index is 521. The molecule has 2 rings (SSSR count). The molecule has 0 aliphatic rings. The van der Waals surface area contributed by atoms with Gasteiger partial charge in [-0.3, -0.25) is 16.0 Å². The third-order valence-electron chi connectivity index (χ3n) is 3.26. The number of nitrogens with one attached hydrogen (secondary N) is 1. The van der Waals surface area contributed by atoms with E-state index in [9.17, 15) is 0 Å². The Morgan fingerprint density at radius 3 is 2.89 bits per heavy atom. The van der Waals surface area contributed by atoms with Crippen LogP contribution in [0.25, 0.3) is 0 Å². The molecular weight excluding hydrogens is 308 g/mol. The second-order valence-corrected chi connectivity index (χ2v) is 5.45. The first kappa shape index (κ1) is 14.3. The van der Waals surface area contributed by atoms with E-state index in [0.29, 0.717) is 0 Å². The first-order valence-electron chi connectivity index (χ1n) is 6.28. The van der Waals surface area contributed by atoms with Crippen molar-refractivity contribution in [3.05, 3.63) is 40.0 Å². The Morgan fingerprint density at radius 1 is 1.58 bits per heavy atom. The van der Waals surface area contributed by atoms with Gasteiger partial charge in [0, 0.05) is 25.9 Å². The summed E-state index contributed by atoms with van der Waals surface area (Å²) in [6.07, 6.45) is 4.31. The zero-order valence-electron chi connectivity index (χ0n) is 11.2. The van der Waals surface area contributed by atoms with E-state index in [1.165, 1.54) is 0 Å². The highest BCUT2D eigenvalue weighted by Gasteiger charge is 2.16. The molecule has 0 aromatic carbocycles. The molecule has 2 heterocycles. The number of hydrogen-bond donors (Lipinski definition) is 2. The predicted octanol–water partition coefficient (Wildman–Crippen LogP) is 2.09. The highest BCUT2D eigenvalue weighted by Crippen LogP contribution is 2.22. The van der Waals surface area contributed by atoms with Crippen LogP contribution in [0.5, 0.6) is 0 Å². The summed E-state index contributed by atoms with van der Waals surface area (Å²) >= 11 is 3.58. The summed E-state index contributed by atoms with van der Waals surface area (Å²) in [6, 6.07) is 4.08. The van der Waals surface area contributed by atoms with Crippen LogP contribution in [0.2, 0.25) is 0 Å². The van der Waals surface area contributed by atoms with Gasteiger partial charge in [-0.25, -0.2) is 0 Å². The van der Waals surface area contributed by atoms with E-state index in [1.54, 1.807) is 6.26 Å². The van der Waals surface area contributed by atoms with Gasteiger partial charge in [-0.1, -0.05) is 0 Å². The van der Waals surface area contributed by atoms with Crippen LogP contribution in [-0.4, -0.2) is 15.8 Å². The van der Waals surface area contributed by atoms with Crippen LogP contribution >= 0.6 is 15.9 Å². The minimum absolute atomic E-state index is 0.191. The monoisotopic (exact) mass is 326 g/mol. The van der Waals surface area contributed by atoms with Crippen molar-refractivity contribution in [2.24, 2.45) is 12.9 Å². The van der Waals surface area contributed by atoms with Crippen molar-refractivity contribution in [1.29, 1.82) is 0 Å². The molecule has 5 nitrogen and oxygen atoms in total. The molecule has 3 N–H and O–H groups in total. The molecule has 0 saturated heterocycles. The summed E-state index contributed by atoms with van der Waals surface area (Å²) in [6.45, 7) is 1.99. The molecule has 0 spiro atoms. The zero-order valence-corrected chi connectivity index (χ0v) is 12.8. The molecule has 0 radical (unpaired) electrons. The standard InChI is InChI=1S/C13H19BrN4O/c1-9-13(14)12(18(2)17-9)8-10(16-15)5-6-11-4-3-7-19-11/h3-4,7,10,16H,5-6,8,15H2,1-2H3. The van der Waals surface area contributed by atoms with Gasteiger partial charge in [0.2, 0.25) is 0 Å². The Morgan fingerprint density at radius 2 is 2.37 bits per heavy atom. The lowest BCUT2D eigenvalue weighted by Gasteiger charge is -2.15. The fraction of sp³-hybridized carbons (Fsp3) is 0.462. The van der Waals surface area contributed by atoms with Gasteiger partial charge in [-0.2, -0.15) is 5.10 Å². The first-order valence-corrected chi connectivity index (χ1v) is 7.07. The Kier molecular flexibility index (Phi) is 4.79. The molecular formula is C13H19BrN4O. The number of aryl methyl sites for hydroxylation is 3. The highest BCUT2D eigenvalue weighted by atomic mass is 79.9. The number of furan rings is 1. The van der Waals surface area contributed by atoms with Crippen molar-refractivity contribution < 1.29 is 4.42 Å². The number of nitrogens with two attached hydrogens (primary N) is 1. The van der Waals surface area contributed by atoms with Crippen LogP contribution in [0.4, 0.5) is 0 Å². The van der Waals surface area contributed by atoms with E-state index < -0.39 is 0 Å². The summed E-state index contributed by atoms with van der Waals surface area (Å²) in [5.41, 5.74) is 5.03. The summed E-state index contributed by atoms with van der Waals surface area (Å²) < 4.78 is 8.30. The van der Waals surface area contributed by atoms with E-state index >= 15 is 0 Å². The first-order chi connectivity index (χ1) is 9.11. The smallest absolute Gasteiger partial charge is 0.103 e. The largest absolute Gasteiger partial charge is 0.469 e. The van der Waals surface area contributed by atoms with Crippen molar-refractivity contribution in [2.45, 2.75) is 32.2 Å². The van der Waals surface area contributed by atoms with Crippen molar-refractivity contribution in [3.8, 4) is 0 Å². The Hall–Kier alpha value is -1.11. The average Bonchev–Trinajstić information content (AvgIpc) is 2.98. The second-order valence-electron chi connectivity index (χ2n) is 4.66. The lowest BCUT2D eigenvalue weighted by Crippen LogP contribution is -2.37. The van der Waals surface area contributed by atoms with Crippen molar-refractivity contribution >= 4 is 15.9 Å². The zero-order chi connectivity index (χ0) is 13.8. The molecule has 6 heteroatoms. The molecule has 0 fully saturated rings. The van der Waals surface area contributed by atoms with Crippen molar-refractivity contribution in [3.63, 3.8) is 0 Å². The fourth-order valence-electron chi connectivity index (χ4n) is 2.15. The summed E-state index contributed by atoms with van der Waals surface area (Å²) in [7, 11) is 1.95. The van der Waals surface area contributed by atoms with Gasteiger partial charge in [-0.05, 0) is 41.4 Å². The van der Waals surface area contributed by atoms with Crippen LogP contribution in [0, 0.1) is 6.92 Å². The van der Waals surface area contributed by atoms with Gasteiger partial charge in [0.25, 0.3) is 0 Å². The molecule has 0 saturated carbocycles. The minimum Gasteiger partial charge on any atom is -0.469 e. The quantitative estimate of drug-likeness (QED) is 0.630. The molecule has 0 aliphatic carbocycles. The van der Waals surface area contributed by atoms with Crippen molar-refractivity contribution in [2.75, 3.05) is 0 Å². The van der Waals surface area contributed by atoms with Crippen LogP contribution in [0.15, 0.2) is 27.3 Å². The maximum absolute atomic E-state index is 5.64. The third-order valence-corrected chi connectivity index (χ3v) is 4.29. The Labute approximate surface area is 121 Å². The topological polar surface area (TPSA) is 69.0 Å². The van der Waals surface area contributed by atoms with Gasteiger partial charge < -0.3 is 4.42 Å². The molecule has 2 aromatic rings. The van der Waals surface area contributed by atoms with E-state index in [0.717, 1.165) is 40.9 Å². The summed E-state index contributed by atoms with van der Waals surface area (Å²) in [5, 5.41) is 4.39. The number of aromatic nitrogens is 2. The van der Waals surface area contributed by atoms with Crippen LogP contribution in [0.1, 0.15) is 23.6 Å². The third kappa shape index (κ3) is 3.46. The van der Waals surface area contributed by atoms with Gasteiger partial charge in [0.15, 0.2) is 0 Å². The summed E-state index contributed by atoms with van der Waals surface area (Å²) in [4.78, 5) is 0. The van der Waals surface area contributed by atoms with E-state index in [1.807, 2.05) is 30.8 Å². The van der Waals surface area contributed by atoms with Gasteiger partial charge in [0.05, 0.1) is 22.1 Å². The molecule has 0 amide bonds. The molecule has 19 heavy (non-hydrogen) atoms. The van der Waals surface area contributed by atoms with Gasteiger partial charge in [-0.15, -0.1) is 0 Å².